The molecular weight excluding hydrogens is 431 g/mol. The first-order chi connectivity index (χ1) is 15.2. The van der Waals surface area contributed by atoms with Crippen LogP contribution in [0.1, 0.15) is 42.9 Å². The molecule has 2 aliphatic carbocycles. The van der Waals surface area contributed by atoms with Crippen LogP contribution in [0.3, 0.4) is 0 Å². The summed E-state index contributed by atoms with van der Waals surface area (Å²) >= 11 is 13.0. The first kappa shape index (κ1) is 19.7. The van der Waals surface area contributed by atoms with E-state index in [1.165, 1.54) is 12.1 Å². The maximum absolute atomic E-state index is 6.51. The zero-order chi connectivity index (χ0) is 20.9. The van der Waals surface area contributed by atoms with Crippen LogP contribution in [0.15, 0.2) is 53.1 Å². The number of rotatable bonds is 6. The van der Waals surface area contributed by atoms with Crippen molar-refractivity contribution < 1.29 is 9.26 Å². The monoisotopic (exact) mass is 454 g/mol. The number of hydrogen-bond donors (Lipinski definition) is 0. The Labute approximate surface area is 192 Å². The van der Waals surface area contributed by atoms with Crippen molar-refractivity contribution in [3.63, 3.8) is 0 Å². The molecule has 1 aromatic heterocycles. The summed E-state index contributed by atoms with van der Waals surface area (Å²) < 4.78 is 12.3. The van der Waals surface area contributed by atoms with Gasteiger partial charge in [-0.2, -0.15) is 0 Å². The fraction of sp³-hybridized carbons (Fsp3) is 0.400. The minimum absolute atomic E-state index is 0.265. The Morgan fingerprint density at radius 1 is 1.00 bits per heavy atom. The molecule has 0 spiro atoms. The number of para-hydroxylation sites is 1. The normalized spacial score (nSPS) is 24.8. The number of benzene rings is 2. The zero-order valence-electron chi connectivity index (χ0n) is 17.1. The summed E-state index contributed by atoms with van der Waals surface area (Å²) in [5.41, 5.74) is 3.80. The van der Waals surface area contributed by atoms with Gasteiger partial charge in [0.25, 0.3) is 0 Å². The highest BCUT2D eigenvalue weighted by Gasteiger charge is 2.45. The molecule has 0 radical (unpaired) electrons. The molecular formula is C25H24Cl2N2O2. The molecule has 3 fully saturated rings. The van der Waals surface area contributed by atoms with Gasteiger partial charge in [0.15, 0.2) is 0 Å². The maximum atomic E-state index is 6.51. The summed E-state index contributed by atoms with van der Waals surface area (Å²) in [5.74, 6) is 1.94. The van der Waals surface area contributed by atoms with Crippen molar-refractivity contribution >= 4 is 28.9 Å². The van der Waals surface area contributed by atoms with Crippen molar-refractivity contribution in [3.05, 3.63) is 69.9 Å². The molecule has 160 valence electrons. The topological polar surface area (TPSA) is 38.5 Å². The molecule has 3 aliphatic rings. The Hall–Kier alpha value is -2.01. The van der Waals surface area contributed by atoms with Gasteiger partial charge in [0.2, 0.25) is 0 Å². The van der Waals surface area contributed by atoms with Crippen LogP contribution >= 0.6 is 23.2 Å². The zero-order valence-corrected chi connectivity index (χ0v) is 18.6. The van der Waals surface area contributed by atoms with E-state index in [4.69, 9.17) is 32.5 Å². The summed E-state index contributed by atoms with van der Waals surface area (Å²) in [5, 5.41) is 5.55. The second-order valence-electron chi connectivity index (χ2n) is 8.97. The van der Waals surface area contributed by atoms with E-state index in [1.807, 2.05) is 18.2 Å². The van der Waals surface area contributed by atoms with E-state index in [9.17, 15) is 0 Å². The first-order valence-electron chi connectivity index (χ1n) is 11.0. The van der Waals surface area contributed by atoms with Crippen molar-refractivity contribution in [1.29, 1.82) is 0 Å². The lowest BCUT2D eigenvalue weighted by Gasteiger charge is -2.33. The third-order valence-corrected chi connectivity index (χ3v) is 7.60. The van der Waals surface area contributed by atoms with E-state index in [-0.39, 0.29) is 6.10 Å². The molecule has 6 rings (SSSR count). The van der Waals surface area contributed by atoms with Crippen molar-refractivity contribution in [2.45, 2.75) is 50.4 Å². The van der Waals surface area contributed by atoms with Gasteiger partial charge >= 0.3 is 0 Å². The van der Waals surface area contributed by atoms with Gasteiger partial charge < -0.3 is 14.2 Å². The Morgan fingerprint density at radius 3 is 2.45 bits per heavy atom. The van der Waals surface area contributed by atoms with E-state index >= 15 is 0 Å². The SMILES string of the molecule is Clc1cccc(Cl)c1-c1noc(C2CC2)c1CO[C@@H]1C[C@@H]2C[C@H]1CN2c1ccccc1. The van der Waals surface area contributed by atoms with E-state index < -0.39 is 0 Å². The lowest BCUT2D eigenvalue weighted by molar-refractivity contribution is 0.0122. The minimum atomic E-state index is 0.265. The molecule has 0 N–H and O–H groups in total. The molecule has 0 unspecified atom stereocenters. The molecule has 31 heavy (non-hydrogen) atoms. The number of fused-ring (bicyclic) bond motifs is 2. The first-order valence-corrected chi connectivity index (χ1v) is 11.8. The highest BCUT2D eigenvalue weighted by atomic mass is 35.5. The van der Waals surface area contributed by atoms with Crippen LogP contribution in [0, 0.1) is 5.92 Å². The van der Waals surface area contributed by atoms with Crippen LogP contribution in [0.25, 0.3) is 11.3 Å². The number of nitrogens with zero attached hydrogens (tertiary/aromatic N) is 2. The van der Waals surface area contributed by atoms with Gasteiger partial charge in [-0.25, -0.2) is 0 Å². The number of anilines is 1. The molecule has 6 heteroatoms. The average molecular weight is 455 g/mol. The van der Waals surface area contributed by atoms with Crippen molar-refractivity contribution in [2.75, 3.05) is 11.4 Å². The molecule has 0 amide bonds. The van der Waals surface area contributed by atoms with E-state index in [0.29, 0.717) is 34.5 Å². The van der Waals surface area contributed by atoms with Crippen LogP contribution in [-0.4, -0.2) is 23.8 Å². The predicted octanol–water partition coefficient (Wildman–Crippen LogP) is 6.71. The lowest BCUT2D eigenvalue weighted by Crippen LogP contribution is -2.38. The van der Waals surface area contributed by atoms with E-state index in [1.54, 1.807) is 0 Å². The summed E-state index contributed by atoms with van der Waals surface area (Å²) in [7, 11) is 0. The Balaban J connectivity index is 1.21. The molecule has 1 aliphatic heterocycles. The number of ether oxygens (including phenoxy) is 1. The number of halogens is 2. The summed E-state index contributed by atoms with van der Waals surface area (Å²) in [6.45, 7) is 1.55. The summed E-state index contributed by atoms with van der Waals surface area (Å²) in [6, 6.07) is 16.8. The maximum Gasteiger partial charge on any atom is 0.145 e. The molecule has 3 aromatic rings. The average Bonchev–Trinajstić information content (AvgIpc) is 3.24. The standard InChI is InChI=1S/C25H24Cl2N2O2/c26-20-7-4-8-21(27)23(20)24-19(25(31-28-24)15-9-10-15)14-30-22-12-18-11-16(22)13-29(18)17-5-2-1-3-6-17/h1-8,15-16,18,22H,9-14H2/t16-,18-,22+/m0/s1. The van der Waals surface area contributed by atoms with Gasteiger partial charge in [0, 0.05) is 41.2 Å². The Kier molecular flexibility index (Phi) is 4.97. The van der Waals surface area contributed by atoms with E-state index in [2.05, 4.69) is 40.4 Å². The predicted molar refractivity (Wildman–Crippen MR) is 123 cm³/mol. The van der Waals surface area contributed by atoms with Gasteiger partial charge in [-0.15, -0.1) is 0 Å². The van der Waals surface area contributed by atoms with Crippen LogP contribution in [0.5, 0.6) is 0 Å². The van der Waals surface area contributed by atoms with Crippen LogP contribution < -0.4 is 4.90 Å². The fourth-order valence-electron chi connectivity index (χ4n) is 5.28. The van der Waals surface area contributed by atoms with Crippen molar-refractivity contribution in [3.8, 4) is 11.3 Å². The second kappa shape index (κ2) is 7.84. The molecule has 2 bridgehead atoms. The third kappa shape index (κ3) is 3.55. The van der Waals surface area contributed by atoms with Crippen LogP contribution in [0.4, 0.5) is 5.69 Å². The van der Waals surface area contributed by atoms with Crippen LogP contribution in [0.2, 0.25) is 10.0 Å². The third-order valence-electron chi connectivity index (χ3n) is 6.97. The van der Waals surface area contributed by atoms with Gasteiger partial charge in [-0.3, -0.25) is 0 Å². The van der Waals surface area contributed by atoms with Crippen molar-refractivity contribution in [1.82, 2.24) is 5.16 Å². The molecule has 4 nitrogen and oxygen atoms in total. The molecule has 3 atom stereocenters. The van der Waals surface area contributed by atoms with Gasteiger partial charge in [-0.1, -0.05) is 52.6 Å². The highest BCUT2D eigenvalue weighted by Crippen LogP contribution is 2.47. The Bertz CT molecular complexity index is 1080. The molecule has 2 aromatic carbocycles. The lowest BCUT2D eigenvalue weighted by atomic mass is 10.0. The van der Waals surface area contributed by atoms with E-state index in [0.717, 1.165) is 48.4 Å². The summed E-state index contributed by atoms with van der Waals surface area (Å²) in [4.78, 5) is 2.54. The van der Waals surface area contributed by atoms with Crippen LogP contribution in [-0.2, 0) is 11.3 Å². The summed E-state index contributed by atoms with van der Waals surface area (Å²) in [6.07, 6.45) is 4.80. The highest BCUT2D eigenvalue weighted by molar-refractivity contribution is 6.39. The molecule has 2 heterocycles. The second-order valence-corrected chi connectivity index (χ2v) is 9.78. The molecule has 1 saturated heterocycles. The fourth-order valence-corrected chi connectivity index (χ4v) is 5.86. The van der Waals surface area contributed by atoms with Gasteiger partial charge in [0.1, 0.15) is 11.5 Å². The number of hydrogen-bond acceptors (Lipinski definition) is 4. The van der Waals surface area contributed by atoms with Gasteiger partial charge in [-0.05, 0) is 49.9 Å². The number of piperidine rings is 1. The smallest absolute Gasteiger partial charge is 0.145 e. The minimum Gasteiger partial charge on any atom is -0.373 e. The van der Waals surface area contributed by atoms with Crippen molar-refractivity contribution in [2.24, 2.45) is 5.92 Å². The van der Waals surface area contributed by atoms with Gasteiger partial charge in [0.05, 0.1) is 22.8 Å². The number of aromatic nitrogens is 1. The quantitative estimate of drug-likeness (QED) is 0.414. The Morgan fingerprint density at radius 2 is 1.77 bits per heavy atom. The largest absolute Gasteiger partial charge is 0.373 e. The molecule has 2 saturated carbocycles.